The average Bonchev–Trinajstić information content (AvgIpc) is 2.46. The molecule has 0 aliphatic carbocycles. The second-order valence-electron chi connectivity index (χ2n) is 6.84. The molecule has 1 fully saturated rings. The van der Waals surface area contributed by atoms with Crippen LogP contribution in [0.1, 0.15) is 44.0 Å². The number of nitrogen functional groups attached to an aromatic ring is 1. The van der Waals surface area contributed by atoms with Crippen molar-refractivity contribution in [1.29, 1.82) is 0 Å². The van der Waals surface area contributed by atoms with Crippen LogP contribution in [-0.2, 0) is 4.74 Å². The Kier molecular flexibility index (Phi) is 5.13. The van der Waals surface area contributed by atoms with E-state index in [-0.39, 0.29) is 18.0 Å². The van der Waals surface area contributed by atoms with Crippen LogP contribution in [0, 0.1) is 0 Å². The molecule has 3 N–H and O–H groups in total. The first-order valence-corrected chi connectivity index (χ1v) is 7.89. The number of amides is 2. The van der Waals surface area contributed by atoms with Crippen LogP contribution in [0.2, 0.25) is 0 Å². The Labute approximate surface area is 137 Å². The Bertz CT molecular complexity index is 573. The molecule has 1 aromatic carbocycles. The number of nitrogens with zero attached hydrogens (tertiary/aromatic N) is 1. The van der Waals surface area contributed by atoms with Gasteiger partial charge in [-0.1, -0.05) is 6.07 Å². The van der Waals surface area contributed by atoms with E-state index in [1.165, 1.54) is 0 Å². The molecule has 2 rings (SSSR count). The maximum atomic E-state index is 12.2. The van der Waals surface area contributed by atoms with Gasteiger partial charge in [-0.15, -0.1) is 0 Å². The van der Waals surface area contributed by atoms with Gasteiger partial charge < -0.3 is 20.7 Å². The van der Waals surface area contributed by atoms with Crippen molar-refractivity contribution in [3.05, 3.63) is 29.8 Å². The van der Waals surface area contributed by atoms with Crippen molar-refractivity contribution in [2.24, 2.45) is 0 Å². The quantitative estimate of drug-likeness (QED) is 0.820. The molecule has 1 heterocycles. The summed E-state index contributed by atoms with van der Waals surface area (Å²) in [7, 11) is 0. The van der Waals surface area contributed by atoms with Crippen LogP contribution in [-0.4, -0.2) is 41.6 Å². The lowest BCUT2D eigenvalue weighted by molar-refractivity contribution is 0.0199. The SMILES string of the molecule is CC(C)(C)OC(=O)N1CCC(NC(=O)c2cccc(N)c2)CC1. The minimum Gasteiger partial charge on any atom is -0.444 e. The number of anilines is 1. The predicted molar refractivity (Wildman–Crippen MR) is 89.1 cm³/mol. The highest BCUT2D eigenvalue weighted by Crippen LogP contribution is 2.16. The van der Waals surface area contributed by atoms with Gasteiger partial charge in [-0.25, -0.2) is 4.79 Å². The van der Waals surface area contributed by atoms with Crippen molar-refractivity contribution >= 4 is 17.7 Å². The number of carbonyl (C=O) groups excluding carboxylic acids is 2. The Balaban J connectivity index is 1.83. The summed E-state index contributed by atoms with van der Waals surface area (Å²) in [5, 5.41) is 3.00. The van der Waals surface area contributed by atoms with Crippen LogP contribution < -0.4 is 11.1 Å². The van der Waals surface area contributed by atoms with E-state index in [0.29, 0.717) is 37.2 Å². The molecule has 1 aromatic rings. The zero-order valence-electron chi connectivity index (χ0n) is 14.0. The van der Waals surface area contributed by atoms with Gasteiger partial charge in [-0.2, -0.15) is 0 Å². The highest BCUT2D eigenvalue weighted by molar-refractivity contribution is 5.95. The number of likely N-dealkylation sites (tertiary alicyclic amines) is 1. The van der Waals surface area contributed by atoms with Crippen LogP contribution in [0.5, 0.6) is 0 Å². The fourth-order valence-electron chi connectivity index (χ4n) is 2.48. The lowest BCUT2D eigenvalue weighted by Crippen LogP contribution is -2.47. The second kappa shape index (κ2) is 6.89. The number of ether oxygens (including phenoxy) is 1. The maximum absolute atomic E-state index is 12.2. The van der Waals surface area contributed by atoms with E-state index in [0.717, 1.165) is 0 Å². The zero-order valence-corrected chi connectivity index (χ0v) is 14.0. The summed E-state index contributed by atoms with van der Waals surface area (Å²) >= 11 is 0. The van der Waals surface area contributed by atoms with Crippen LogP contribution in [0.4, 0.5) is 10.5 Å². The first kappa shape index (κ1) is 17.1. The van der Waals surface area contributed by atoms with Gasteiger partial charge in [0.1, 0.15) is 5.60 Å². The number of carbonyl (C=O) groups is 2. The fraction of sp³-hybridized carbons (Fsp3) is 0.529. The van der Waals surface area contributed by atoms with Gasteiger partial charge in [0.15, 0.2) is 0 Å². The van der Waals surface area contributed by atoms with Crippen molar-refractivity contribution in [3.63, 3.8) is 0 Å². The van der Waals surface area contributed by atoms with Gasteiger partial charge in [0.2, 0.25) is 0 Å². The van der Waals surface area contributed by atoms with E-state index >= 15 is 0 Å². The highest BCUT2D eigenvalue weighted by atomic mass is 16.6. The van der Waals surface area contributed by atoms with Crippen molar-refractivity contribution in [1.82, 2.24) is 10.2 Å². The first-order valence-electron chi connectivity index (χ1n) is 7.89. The number of hydrogen-bond acceptors (Lipinski definition) is 4. The van der Waals surface area contributed by atoms with Gasteiger partial charge in [0.25, 0.3) is 5.91 Å². The molecular formula is C17H25N3O3. The summed E-state index contributed by atoms with van der Waals surface area (Å²) in [6.07, 6.45) is 1.14. The normalized spacial score (nSPS) is 16.0. The summed E-state index contributed by atoms with van der Waals surface area (Å²) < 4.78 is 5.36. The molecular weight excluding hydrogens is 294 g/mol. The third-order valence-corrected chi connectivity index (χ3v) is 3.63. The number of nitrogens with two attached hydrogens (primary N) is 1. The molecule has 6 nitrogen and oxygen atoms in total. The summed E-state index contributed by atoms with van der Waals surface area (Å²) in [6, 6.07) is 6.96. The molecule has 0 bridgehead atoms. The van der Waals surface area contributed by atoms with E-state index in [1.54, 1.807) is 29.2 Å². The van der Waals surface area contributed by atoms with E-state index in [4.69, 9.17) is 10.5 Å². The largest absolute Gasteiger partial charge is 0.444 e. The van der Waals surface area contributed by atoms with Crippen LogP contribution in [0.25, 0.3) is 0 Å². The Morgan fingerprint density at radius 3 is 2.48 bits per heavy atom. The molecule has 0 radical (unpaired) electrons. The summed E-state index contributed by atoms with van der Waals surface area (Å²) in [4.78, 5) is 25.9. The van der Waals surface area contributed by atoms with E-state index in [2.05, 4.69) is 5.32 Å². The van der Waals surface area contributed by atoms with E-state index < -0.39 is 5.60 Å². The van der Waals surface area contributed by atoms with Crippen molar-refractivity contribution < 1.29 is 14.3 Å². The van der Waals surface area contributed by atoms with Crippen LogP contribution >= 0.6 is 0 Å². The first-order chi connectivity index (χ1) is 10.7. The minimum absolute atomic E-state index is 0.0580. The van der Waals surface area contributed by atoms with E-state index in [1.807, 2.05) is 20.8 Å². The number of piperidine rings is 1. The van der Waals surface area contributed by atoms with E-state index in [9.17, 15) is 9.59 Å². The molecule has 2 amide bonds. The molecule has 1 aliphatic heterocycles. The third-order valence-electron chi connectivity index (χ3n) is 3.63. The molecule has 1 saturated heterocycles. The van der Waals surface area contributed by atoms with Crippen LogP contribution in [0.3, 0.4) is 0 Å². The molecule has 0 unspecified atom stereocenters. The summed E-state index contributed by atoms with van der Waals surface area (Å²) in [5.74, 6) is -0.131. The second-order valence-corrected chi connectivity index (χ2v) is 6.84. The molecule has 0 saturated carbocycles. The monoisotopic (exact) mass is 319 g/mol. The smallest absolute Gasteiger partial charge is 0.410 e. The number of rotatable bonds is 2. The summed E-state index contributed by atoms with van der Waals surface area (Å²) in [6.45, 7) is 6.71. The van der Waals surface area contributed by atoms with Gasteiger partial charge in [-0.05, 0) is 51.8 Å². The van der Waals surface area contributed by atoms with Crippen molar-refractivity contribution in [2.45, 2.75) is 45.3 Å². The number of hydrogen-bond donors (Lipinski definition) is 2. The van der Waals surface area contributed by atoms with Gasteiger partial charge >= 0.3 is 6.09 Å². The molecule has 0 atom stereocenters. The molecule has 0 aromatic heterocycles. The topological polar surface area (TPSA) is 84.7 Å². The van der Waals surface area contributed by atoms with Gasteiger partial charge in [0.05, 0.1) is 0 Å². The minimum atomic E-state index is -0.491. The zero-order chi connectivity index (χ0) is 17.0. The predicted octanol–water partition coefficient (Wildman–Crippen LogP) is 2.40. The molecule has 1 aliphatic rings. The fourth-order valence-corrected chi connectivity index (χ4v) is 2.48. The maximum Gasteiger partial charge on any atom is 0.410 e. The van der Waals surface area contributed by atoms with Crippen LogP contribution in [0.15, 0.2) is 24.3 Å². The lowest BCUT2D eigenvalue weighted by Gasteiger charge is -2.33. The Morgan fingerprint density at radius 2 is 1.91 bits per heavy atom. The number of benzene rings is 1. The van der Waals surface area contributed by atoms with Crippen molar-refractivity contribution in [3.8, 4) is 0 Å². The van der Waals surface area contributed by atoms with Crippen molar-refractivity contribution in [2.75, 3.05) is 18.8 Å². The molecule has 0 spiro atoms. The Hall–Kier alpha value is -2.24. The number of nitrogens with one attached hydrogen (secondary N) is 1. The molecule has 6 heteroatoms. The highest BCUT2D eigenvalue weighted by Gasteiger charge is 2.27. The average molecular weight is 319 g/mol. The van der Waals surface area contributed by atoms with Gasteiger partial charge in [-0.3, -0.25) is 4.79 Å². The van der Waals surface area contributed by atoms with Gasteiger partial charge in [0, 0.05) is 30.4 Å². The standard InChI is InChI=1S/C17H25N3O3/c1-17(2,3)23-16(22)20-9-7-14(8-10-20)19-15(21)12-5-4-6-13(18)11-12/h4-6,11,14H,7-10,18H2,1-3H3,(H,19,21). The lowest BCUT2D eigenvalue weighted by atomic mass is 10.0. The molecule has 23 heavy (non-hydrogen) atoms. The Morgan fingerprint density at radius 1 is 1.26 bits per heavy atom. The third kappa shape index (κ3) is 5.16. The summed E-state index contributed by atoms with van der Waals surface area (Å²) in [5.41, 5.74) is 6.32. The molecule has 126 valence electrons.